The number of hydrogen-bond donors (Lipinski definition) is 2. The van der Waals surface area contributed by atoms with Crippen molar-refractivity contribution in [3.8, 4) is 0 Å². The van der Waals surface area contributed by atoms with Crippen molar-refractivity contribution in [1.82, 2.24) is 10.2 Å². The second kappa shape index (κ2) is 10.7. The minimum Gasteiger partial charge on any atom is -0.339 e. The van der Waals surface area contributed by atoms with Crippen LogP contribution < -0.4 is 10.6 Å². The van der Waals surface area contributed by atoms with Crippen LogP contribution in [0.5, 0.6) is 0 Å². The molecule has 1 aromatic carbocycles. The molecule has 2 aliphatic heterocycles. The van der Waals surface area contributed by atoms with Crippen LogP contribution in [-0.2, 0) is 4.79 Å². The average molecular weight is 394 g/mol. The number of hydrogen-bond acceptors (Lipinski definition) is 3. The van der Waals surface area contributed by atoms with Gasteiger partial charge in [-0.15, -0.1) is 12.4 Å². The number of carbonyl (C=O) groups is 2. The van der Waals surface area contributed by atoms with Crippen LogP contribution in [-0.4, -0.2) is 42.9 Å². The van der Waals surface area contributed by atoms with Crippen LogP contribution in [0.4, 0.5) is 5.69 Å². The first-order valence-corrected chi connectivity index (χ1v) is 10.0. The monoisotopic (exact) mass is 393 g/mol. The van der Waals surface area contributed by atoms with E-state index in [1.165, 1.54) is 19.3 Å². The molecule has 150 valence electrons. The number of piperidine rings is 2. The third-order valence-electron chi connectivity index (χ3n) is 5.72. The Hall–Kier alpha value is -1.59. The van der Waals surface area contributed by atoms with Gasteiger partial charge in [0.1, 0.15) is 0 Å². The van der Waals surface area contributed by atoms with E-state index in [9.17, 15) is 9.59 Å². The zero-order valence-corrected chi connectivity index (χ0v) is 17.0. The predicted octanol–water partition coefficient (Wildman–Crippen LogP) is 3.70. The maximum Gasteiger partial charge on any atom is 0.255 e. The van der Waals surface area contributed by atoms with Crippen LogP contribution in [0.2, 0.25) is 0 Å². The van der Waals surface area contributed by atoms with Crippen molar-refractivity contribution in [3.05, 3.63) is 29.8 Å². The number of halogens is 1. The molecule has 2 saturated heterocycles. The predicted molar refractivity (Wildman–Crippen MR) is 111 cm³/mol. The average Bonchev–Trinajstić information content (AvgIpc) is 2.69. The summed E-state index contributed by atoms with van der Waals surface area (Å²) in [7, 11) is 0. The van der Waals surface area contributed by atoms with E-state index in [2.05, 4.69) is 17.6 Å². The Balaban J connectivity index is 0.00000261. The van der Waals surface area contributed by atoms with E-state index in [4.69, 9.17) is 0 Å². The van der Waals surface area contributed by atoms with E-state index < -0.39 is 0 Å². The number of benzene rings is 1. The van der Waals surface area contributed by atoms with Crippen LogP contribution in [0.1, 0.15) is 55.8 Å². The zero-order valence-electron chi connectivity index (χ0n) is 16.2. The van der Waals surface area contributed by atoms with Crippen LogP contribution in [0.25, 0.3) is 0 Å². The number of carbonyl (C=O) groups excluding carboxylic acids is 2. The van der Waals surface area contributed by atoms with Crippen molar-refractivity contribution < 1.29 is 9.59 Å². The molecule has 0 bridgehead atoms. The van der Waals surface area contributed by atoms with Gasteiger partial charge in [0.25, 0.3) is 5.91 Å². The summed E-state index contributed by atoms with van der Waals surface area (Å²) in [6.45, 7) is 5.86. The fraction of sp³-hybridized carbons (Fsp3) is 0.619. The number of likely N-dealkylation sites (tertiary alicyclic amines) is 1. The number of para-hydroxylation sites is 1. The van der Waals surface area contributed by atoms with E-state index in [-0.39, 0.29) is 24.2 Å². The summed E-state index contributed by atoms with van der Waals surface area (Å²) in [4.78, 5) is 27.3. The zero-order chi connectivity index (χ0) is 18.4. The van der Waals surface area contributed by atoms with Gasteiger partial charge in [-0.1, -0.05) is 19.1 Å². The maximum absolute atomic E-state index is 12.8. The van der Waals surface area contributed by atoms with E-state index in [1.54, 1.807) is 0 Å². The van der Waals surface area contributed by atoms with E-state index >= 15 is 0 Å². The molecule has 2 N–H and O–H groups in total. The Morgan fingerprint density at radius 1 is 1.19 bits per heavy atom. The first-order valence-electron chi connectivity index (χ1n) is 10.0. The van der Waals surface area contributed by atoms with Gasteiger partial charge >= 0.3 is 0 Å². The van der Waals surface area contributed by atoms with Crippen molar-refractivity contribution >= 4 is 29.9 Å². The van der Waals surface area contributed by atoms with Crippen LogP contribution in [0.3, 0.4) is 0 Å². The SMILES string of the molecule is CC(CC(=O)Nc1ccccc1C(=O)N1CCCCC1)C1CCCNC1.Cl. The lowest BCUT2D eigenvalue weighted by Gasteiger charge is -2.28. The molecule has 0 spiro atoms. The van der Waals surface area contributed by atoms with Crippen molar-refractivity contribution in [1.29, 1.82) is 0 Å². The lowest BCUT2D eigenvalue weighted by molar-refractivity contribution is -0.117. The molecule has 0 aromatic heterocycles. The van der Waals surface area contributed by atoms with Gasteiger partial charge < -0.3 is 15.5 Å². The molecule has 2 aliphatic rings. The molecule has 0 aliphatic carbocycles. The number of nitrogens with zero attached hydrogens (tertiary/aromatic N) is 1. The van der Waals surface area contributed by atoms with Gasteiger partial charge in [-0.25, -0.2) is 0 Å². The second-order valence-corrected chi connectivity index (χ2v) is 7.73. The molecule has 5 nitrogen and oxygen atoms in total. The third kappa shape index (κ3) is 5.94. The fourth-order valence-electron chi connectivity index (χ4n) is 4.07. The van der Waals surface area contributed by atoms with Crippen molar-refractivity contribution in [3.63, 3.8) is 0 Å². The van der Waals surface area contributed by atoms with Crippen molar-refractivity contribution in [2.24, 2.45) is 11.8 Å². The molecule has 6 heteroatoms. The summed E-state index contributed by atoms with van der Waals surface area (Å²) in [5, 5.41) is 6.41. The molecule has 2 heterocycles. The summed E-state index contributed by atoms with van der Waals surface area (Å²) in [5.41, 5.74) is 1.25. The minimum absolute atomic E-state index is 0. The molecule has 2 unspecified atom stereocenters. The molecule has 0 saturated carbocycles. The molecule has 0 radical (unpaired) electrons. The van der Waals surface area contributed by atoms with Gasteiger partial charge in [-0.2, -0.15) is 0 Å². The molecule has 2 fully saturated rings. The number of anilines is 1. The Morgan fingerprint density at radius 2 is 1.93 bits per heavy atom. The topological polar surface area (TPSA) is 61.4 Å². The van der Waals surface area contributed by atoms with Crippen molar-refractivity contribution in [2.75, 3.05) is 31.5 Å². The van der Waals surface area contributed by atoms with E-state index in [0.29, 0.717) is 29.5 Å². The summed E-state index contributed by atoms with van der Waals surface area (Å²) >= 11 is 0. The van der Waals surface area contributed by atoms with Gasteiger partial charge in [-0.05, 0) is 69.2 Å². The summed E-state index contributed by atoms with van der Waals surface area (Å²) < 4.78 is 0. The highest BCUT2D eigenvalue weighted by atomic mass is 35.5. The number of nitrogens with one attached hydrogen (secondary N) is 2. The lowest BCUT2D eigenvalue weighted by Crippen LogP contribution is -2.36. The van der Waals surface area contributed by atoms with Gasteiger partial charge in [0.05, 0.1) is 11.3 Å². The molecule has 1 aromatic rings. The number of amides is 2. The summed E-state index contributed by atoms with van der Waals surface area (Å²) in [5.74, 6) is 0.930. The van der Waals surface area contributed by atoms with Crippen molar-refractivity contribution in [2.45, 2.75) is 45.4 Å². The van der Waals surface area contributed by atoms with Crippen LogP contribution in [0.15, 0.2) is 24.3 Å². The summed E-state index contributed by atoms with van der Waals surface area (Å²) in [6.07, 6.45) is 6.18. The summed E-state index contributed by atoms with van der Waals surface area (Å²) in [6, 6.07) is 7.39. The number of rotatable bonds is 5. The fourth-order valence-corrected chi connectivity index (χ4v) is 4.07. The standard InChI is InChI=1S/C21H31N3O2.ClH/c1-16(17-8-7-11-22-15-17)14-20(25)23-19-10-4-3-9-18(19)21(26)24-12-5-2-6-13-24;/h3-4,9-10,16-17,22H,2,5-8,11-15H2,1H3,(H,23,25);1H. The Bertz CT molecular complexity index is 626. The molecule has 2 atom stereocenters. The molecule has 2 amide bonds. The first-order chi connectivity index (χ1) is 12.6. The normalized spacial score (nSPS) is 21.1. The Kier molecular flexibility index (Phi) is 8.58. The lowest BCUT2D eigenvalue weighted by atomic mass is 9.85. The van der Waals surface area contributed by atoms with Crippen LogP contribution >= 0.6 is 12.4 Å². The van der Waals surface area contributed by atoms with E-state index in [1.807, 2.05) is 29.2 Å². The Morgan fingerprint density at radius 3 is 2.63 bits per heavy atom. The molecular formula is C21H32ClN3O2. The van der Waals surface area contributed by atoms with Gasteiger partial charge in [-0.3, -0.25) is 9.59 Å². The van der Waals surface area contributed by atoms with Gasteiger partial charge in [0, 0.05) is 19.5 Å². The molecule has 27 heavy (non-hydrogen) atoms. The van der Waals surface area contributed by atoms with E-state index in [0.717, 1.165) is 39.0 Å². The highest BCUT2D eigenvalue weighted by Crippen LogP contribution is 2.24. The highest BCUT2D eigenvalue weighted by Gasteiger charge is 2.24. The first kappa shape index (κ1) is 21.7. The smallest absolute Gasteiger partial charge is 0.255 e. The largest absolute Gasteiger partial charge is 0.339 e. The molecular weight excluding hydrogens is 362 g/mol. The maximum atomic E-state index is 12.8. The molecule has 3 rings (SSSR count). The second-order valence-electron chi connectivity index (χ2n) is 7.73. The third-order valence-corrected chi connectivity index (χ3v) is 5.72. The Labute approximate surface area is 168 Å². The van der Waals surface area contributed by atoms with Gasteiger partial charge in [0.15, 0.2) is 0 Å². The van der Waals surface area contributed by atoms with Gasteiger partial charge in [0.2, 0.25) is 5.91 Å². The highest BCUT2D eigenvalue weighted by molar-refractivity contribution is 6.03. The minimum atomic E-state index is 0. The quantitative estimate of drug-likeness (QED) is 0.801. The van der Waals surface area contributed by atoms with Crippen LogP contribution in [0, 0.1) is 11.8 Å².